The van der Waals surface area contributed by atoms with Gasteiger partial charge in [-0.25, -0.2) is 0 Å². The molecule has 4 nitrogen and oxygen atoms in total. The van der Waals surface area contributed by atoms with Crippen molar-refractivity contribution in [1.29, 1.82) is 0 Å². The van der Waals surface area contributed by atoms with Gasteiger partial charge in [0.2, 0.25) is 0 Å². The fourth-order valence-corrected chi connectivity index (χ4v) is 3.34. The first-order valence-corrected chi connectivity index (χ1v) is 9.18. The van der Waals surface area contributed by atoms with Gasteiger partial charge in [0.05, 0.1) is 18.7 Å². The summed E-state index contributed by atoms with van der Waals surface area (Å²) in [6, 6.07) is 9.05. The molecular formula is C21H25F3N2O2. The zero-order valence-electron chi connectivity index (χ0n) is 16.3. The van der Waals surface area contributed by atoms with Gasteiger partial charge in [0.25, 0.3) is 0 Å². The molecule has 0 saturated heterocycles. The first kappa shape index (κ1) is 20.5. The molecule has 1 aliphatic heterocycles. The smallest absolute Gasteiger partial charge is 0.416 e. The lowest BCUT2D eigenvalue weighted by molar-refractivity contribution is -0.137. The number of likely N-dealkylation sites (N-methyl/N-ethyl adjacent to an activating group) is 1. The number of fused-ring (bicyclic) bond motifs is 1. The SMILES string of the molecule is COc1cc2c(cc1OCCN(C)C)C(c1ccc(C(F)(F)F)cc1)NCC2. The Morgan fingerprint density at radius 1 is 1.11 bits per heavy atom. The third-order valence-corrected chi connectivity index (χ3v) is 4.85. The molecule has 2 aromatic rings. The highest BCUT2D eigenvalue weighted by molar-refractivity contribution is 5.51. The Bertz CT molecular complexity index is 805. The number of rotatable bonds is 6. The van der Waals surface area contributed by atoms with Gasteiger partial charge in [0.15, 0.2) is 11.5 Å². The fourth-order valence-electron chi connectivity index (χ4n) is 3.34. The lowest BCUT2D eigenvalue weighted by Gasteiger charge is -2.29. The topological polar surface area (TPSA) is 33.7 Å². The molecule has 1 N–H and O–H groups in total. The van der Waals surface area contributed by atoms with Crippen LogP contribution in [-0.2, 0) is 12.6 Å². The first-order chi connectivity index (χ1) is 13.3. The van der Waals surface area contributed by atoms with Crippen molar-refractivity contribution < 1.29 is 22.6 Å². The molecule has 1 heterocycles. The van der Waals surface area contributed by atoms with E-state index in [0.717, 1.165) is 48.3 Å². The van der Waals surface area contributed by atoms with Gasteiger partial charge in [-0.2, -0.15) is 13.2 Å². The second-order valence-electron chi connectivity index (χ2n) is 7.11. The molecule has 0 aliphatic carbocycles. The number of nitrogens with zero attached hydrogens (tertiary/aromatic N) is 1. The minimum absolute atomic E-state index is 0.187. The molecule has 0 radical (unpaired) electrons. The highest BCUT2D eigenvalue weighted by Crippen LogP contribution is 2.38. The maximum atomic E-state index is 12.9. The Kier molecular flexibility index (Phi) is 6.15. The van der Waals surface area contributed by atoms with Crippen LogP contribution in [0.15, 0.2) is 36.4 Å². The van der Waals surface area contributed by atoms with E-state index in [9.17, 15) is 13.2 Å². The van der Waals surface area contributed by atoms with E-state index in [4.69, 9.17) is 9.47 Å². The number of hydrogen-bond acceptors (Lipinski definition) is 4. The number of hydrogen-bond donors (Lipinski definition) is 1. The molecular weight excluding hydrogens is 369 g/mol. The summed E-state index contributed by atoms with van der Waals surface area (Å²) in [5.41, 5.74) is 2.26. The Morgan fingerprint density at radius 2 is 1.82 bits per heavy atom. The maximum Gasteiger partial charge on any atom is 0.416 e. The van der Waals surface area contributed by atoms with Crippen molar-refractivity contribution >= 4 is 0 Å². The molecule has 1 atom stereocenters. The van der Waals surface area contributed by atoms with E-state index in [0.29, 0.717) is 18.1 Å². The number of halogens is 3. The van der Waals surface area contributed by atoms with Crippen molar-refractivity contribution in [3.05, 3.63) is 58.7 Å². The molecule has 2 aromatic carbocycles. The number of nitrogens with one attached hydrogen (secondary N) is 1. The normalized spacial score (nSPS) is 16.8. The van der Waals surface area contributed by atoms with Gasteiger partial charge in [-0.3, -0.25) is 0 Å². The van der Waals surface area contributed by atoms with Gasteiger partial charge >= 0.3 is 6.18 Å². The zero-order valence-corrected chi connectivity index (χ0v) is 16.3. The van der Waals surface area contributed by atoms with Gasteiger partial charge < -0.3 is 19.7 Å². The Hall–Kier alpha value is -2.25. The van der Waals surface area contributed by atoms with Crippen LogP contribution in [0.4, 0.5) is 13.2 Å². The summed E-state index contributed by atoms with van der Waals surface area (Å²) in [6.45, 7) is 2.02. The molecule has 3 rings (SSSR count). The molecule has 7 heteroatoms. The third kappa shape index (κ3) is 4.59. The van der Waals surface area contributed by atoms with Crippen molar-refractivity contribution in [2.45, 2.75) is 18.6 Å². The van der Waals surface area contributed by atoms with Crippen molar-refractivity contribution in [3.63, 3.8) is 0 Å². The van der Waals surface area contributed by atoms with Crippen molar-refractivity contribution in [2.24, 2.45) is 0 Å². The number of alkyl halides is 3. The average Bonchev–Trinajstić information content (AvgIpc) is 2.66. The summed E-state index contributed by atoms with van der Waals surface area (Å²) in [6.07, 6.45) is -3.52. The van der Waals surface area contributed by atoms with Crippen LogP contribution in [-0.4, -0.2) is 45.8 Å². The summed E-state index contributed by atoms with van der Waals surface area (Å²) in [4.78, 5) is 2.03. The van der Waals surface area contributed by atoms with E-state index in [-0.39, 0.29) is 6.04 Å². The Labute approximate surface area is 163 Å². The molecule has 1 unspecified atom stereocenters. The quantitative estimate of drug-likeness (QED) is 0.806. The lowest BCUT2D eigenvalue weighted by atomic mass is 9.89. The van der Waals surface area contributed by atoms with Crippen LogP contribution in [0.2, 0.25) is 0 Å². The number of benzene rings is 2. The van der Waals surface area contributed by atoms with E-state index in [1.54, 1.807) is 7.11 Å². The summed E-state index contributed by atoms with van der Waals surface area (Å²) in [7, 11) is 5.55. The lowest BCUT2D eigenvalue weighted by Crippen LogP contribution is -2.30. The predicted molar refractivity (Wildman–Crippen MR) is 102 cm³/mol. The van der Waals surface area contributed by atoms with E-state index in [2.05, 4.69) is 5.32 Å². The van der Waals surface area contributed by atoms with Gasteiger partial charge in [-0.15, -0.1) is 0 Å². The van der Waals surface area contributed by atoms with Crippen LogP contribution in [0.5, 0.6) is 11.5 Å². The van der Waals surface area contributed by atoms with Crippen molar-refractivity contribution in [1.82, 2.24) is 10.2 Å². The molecule has 0 aromatic heterocycles. The Morgan fingerprint density at radius 3 is 2.43 bits per heavy atom. The molecule has 0 fully saturated rings. The van der Waals surface area contributed by atoms with Crippen LogP contribution < -0.4 is 14.8 Å². The standard InChI is InChI=1S/C21H25F3N2O2/c1-26(2)10-11-28-19-13-17-15(12-18(19)27-3)8-9-25-20(17)14-4-6-16(7-5-14)21(22,23)24/h4-7,12-13,20,25H,8-11H2,1-3H3. The molecule has 1 aliphatic rings. The van der Waals surface area contributed by atoms with Crippen LogP contribution in [0.1, 0.15) is 28.3 Å². The number of methoxy groups -OCH3 is 1. The summed E-state index contributed by atoms with van der Waals surface area (Å²) in [5.74, 6) is 1.31. The summed E-state index contributed by atoms with van der Waals surface area (Å²) < 4.78 is 50.0. The summed E-state index contributed by atoms with van der Waals surface area (Å²) in [5, 5.41) is 3.40. The van der Waals surface area contributed by atoms with Crippen molar-refractivity contribution in [2.75, 3.05) is 40.9 Å². The monoisotopic (exact) mass is 394 g/mol. The molecule has 152 valence electrons. The predicted octanol–water partition coefficient (Wildman–Crippen LogP) is 3.89. The zero-order chi connectivity index (χ0) is 20.3. The van der Waals surface area contributed by atoms with Gasteiger partial charge in [-0.05, 0) is 61.5 Å². The molecule has 28 heavy (non-hydrogen) atoms. The number of ether oxygens (including phenoxy) is 2. The van der Waals surface area contributed by atoms with E-state index >= 15 is 0 Å². The third-order valence-electron chi connectivity index (χ3n) is 4.85. The highest BCUT2D eigenvalue weighted by Gasteiger charge is 2.31. The van der Waals surface area contributed by atoms with Gasteiger partial charge in [0.1, 0.15) is 6.61 Å². The second kappa shape index (κ2) is 8.41. The fraction of sp³-hybridized carbons (Fsp3) is 0.429. The van der Waals surface area contributed by atoms with Crippen LogP contribution in [0, 0.1) is 0 Å². The van der Waals surface area contributed by atoms with E-state index in [1.807, 2.05) is 31.1 Å². The van der Waals surface area contributed by atoms with Crippen LogP contribution in [0.25, 0.3) is 0 Å². The average molecular weight is 394 g/mol. The van der Waals surface area contributed by atoms with E-state index in [1.165, 1.54) is 12.1 Å². The molecule has 0 spiro atoms. The van der Waals surface area contributed by atoms with Crippen LogP contribution in [0.3, 0.4) is 0 Å². The molecule has 0 saturated carbocycles. The first-order valence-electron chi connectivity index (χ1n) is 9.18. The van der Waals surface area contributed by atoms with Gasteiger partial charge in [0, 0.05) is 13.1 Å². The molecule has 0 bridgehead atoms. The highest BCUT2D eigenvalue weighted by atomic mass is 19.4. The maximum absolute atomic E-state index is 12.9. The molecule has 0 amide bonds. The Balaban J connectivity index is 1.91. The van der Waals surface area contributed by atoms with E-state index < -0.39 is 11.7 Å². The second-order valence-corrected chi connectivity index (χ2v) is 7.11. The minimum Gasteiger partial charge on any atom is -0.493 e. The van der Waals surface area contributed by atoms with Crippen LogP contribution >= 0.6 is 0 Å². The van der Waals surface area contributed by atoms with Gasteiger partial charge in [-0.1, -0.05) is 12.1 Å². The largest absolute Gasteiger partial charge is 0.493 e. The summed E-state index contributed by atoms with van der Waals surface area (Å²) >= 11 is 0. The van der Waals surface area contributed by atoms with Crippen molar-refractivity contribution in [3.8, 4) is 11.5 Å². The minimum atomic E-state index is -4.34.